The summed E-state index contributed by atoms with van der Waals surface area (Å²) in [5, 5.41) is 3.14. The molecule has 3 amide bonds. The van der Waals surface area contributed by atoms with Crippen LogP contribution in [0.15, 0.2) is 63.3 Å². The molecule has 2 aromatic carbocycles. The van der Waals surface area contributed by atoms with E-state index in [2.05, 4.69) is 15.0 Å². The van der Waals surface area contributed by atoms with Crippen molar-refractivity contribution in [2.24, 2.45) is 4.99 Å². The third-order valence-corrected chi connectivity index (χ3v) is 6.30. The van der Waals surface area contributed by atoms with Crippen LogP contribution in [-0.4, -0.2) is 61.5 Å². The number of anilines is 2. The van der Waals surface area contributed by atoms with E-state index in [9.17, 15) is 14.4 Å². The van der Waals surface area contributed by atoms with Gasteiger partial charge in [-0.05, 0) is 44.4 Å². The van der Waals surface area contributed by atoms with E-state index in [1.807, 2.05) is 61.5 Å². The normalized spacial score (nSPS) is 14.8. The summed E-state index contributed by atoms with van der Waals surface area (Å²) in [6.07, 6.45) is -0.492. The molecule has 3 rings (SSSR count). The topological polar surface area (TPSA) is 91.3 Å². The summed E-state index contributed by atoms with van der Waals surface area (Å²) in [6.45, 7) is 0.590. The molecule has 0 atom stereocenters. The van der Waals surface area contributed by atoms with Crippen molar-refractivity contribution < 1.29 is 19.1 Å². The molecule has 0 bridgehead atoms. The van der Waals surface area contributed by atoms with Gasteiger partial charge in [0.2, 0.25) is 11.8 Å². The number of methoxy groups -OCH3 is 1. The van der Waals surface area contributed by atoms with Crippen molar-refractivity contribution in [1.82, 2.24) is 4.90 Å². The highest BCUT2D eigenvalue weighted by Gasteiger charge is 2.32. The number of carbonyl (C=O) groups excluding carboxylic acids is 3. The molecule has 8 nitrogen and oxygen atoms in total. The first-order valence-corrected chi connectivity index (χ1v) is 11.6. The van der Waals surface area contributed by atoms with E-state index in [-0.39, 0.29) is 22.7 Å². The van der Waals surface area contributed by atoms with E-state index < -0.39 is 6.09 Å². The summed E-state index contributed by atoms with van der Waals surface area (Å²) in [4.78, 5) is 46.0. The number of thioether (sulfide) groups is 1. The van der Waals surface area contributed by atoms with Crippen molar-refractivity contribution in [1.29, 1.82) is 0 Å². The molecule has 1 aliphatic rings. The molecule has 1 aliphatic heterocycles. The van der Waals surface area contributed by atoms with Crippen LogP contribution in [-0.2, 0) is 14.3 Å². The van der Waals surface area contributed by atoms with Gasteiger partial charge in [-0.25, -0.2) is 4.79 Å². The Morgan fingerprint density at radius 3 is 2.62 bits per heavy atom. The lowest BCUT2D eigenvalue weighted by molar-refractivity contribution is -0.116. The van der Waals surface area contributed by atoms with E-state index in [1.165, 1.54) is 12.0 Å². The molecule has 0 saturated carbocycles. The second-order valence-electron chi connectivity index (χ2n) is 7.08. The average molecular weight is 473 g/mol. The average Bonchev–Trinajstić information content (AvgIpc) is 3.13. The largest absolute Gasteiger partial charge is 0.451 e. The second-order valence-corrected chi connectivity index (χ2v) is 9.17. The smallest absolute Gasteiger partial charge is 0.435 e. The Morgan fingerprint density at radius 2 is 1.94 bits per heavy atom. The van der Waals surface area contributed by atoms with E-state index in [0.717, 1.165) is 21.6 Å². The number of ether oxygens (including phenoxy) is 1. The van der Waals surface area contributed by atoms with Gasteiger partial charge in [-0.15, -0.1) is 0 Å². The molecule has 0 radical (unpaired) electrons. The summed E-state index contributed by atoms with van der Waals surface area (Å²) in [5.74, 6) is -0.262. The number of rotatable bonds is 7. The van der Waals surface area contributed by atoms with Gasteiger partial charge in [0.1, 0.15) is 0 Å². The van der Waals surface area contributed by atoms with Gasteiger partial charge in [0.05, 0.1) is 24.2 Å². The van der Waals surface area contributed by atoms with Gasteiger partial charge in [0.25, 0.3) is 0 Å². The summed E-state index contributed by atoms with van der Waals surface area (Å²) in [6, 6.07) is 15.3. The molecule has 32 heavy (non-hydrogen) atoms. The van der Waals surface area contributed by atoms with Crippen molar-refractivity contribution in [2.45, 2.75) is 16.2 Å². The molecule has 0 unspecified atom stereocenters. The highest BCUT2D eigenvalue weighted by atomic mass is 32.2. The summed E-state index contributed by atoms with van der Waals surface area (Å²) in [7, 11) is 5.02. The van der Waals surface area contributed by atoms with Crippen molar-refractivity contribution in [2.75, 3.05) is 43.7 Å². The molecule has 2 aromatic rings. The van der Waals surface area contributed by atoms with Crippen LogP contribution in [0, 0.1) is 0 Å². The minimum Gasteiger partial charge on any atom is -0.451 e. The van der Waals surface area contributed by atoms with Crippen LogP contribution in [0.5, 0.6) is 0 Å². The lowest BCUT2D eigenvalue weighted by atomic mass is 10.2. The second kappa shape index (κ2) is 11.2. The SMILES string of the molecule is COC(=O)/N=C1/SCC(=O)N1c1ccc(Sc2ccccc2)cc1NC(=O)CCN(C)C. The van der Waals surface area contributed by atoms with Crippen LogP contribution in [0.25, 0.3) is 0 Å². The van der Waals surface area contributed by atoms with E-state index in [4.69, 9.17) is 0 Å². The number of hydrogen-bond acceptors (Lipinski definition) is 7. The molecule has 1 heterocycles. The maximum absolute atomic E-state index is 12.6. The molecule has 1 fully saturated rings. The number of carbonyl (C=O) groups is 3. The van der Waals surface area contributed by atoms with Crippen LogP contribution < -0.4 is 10.2 Å². The van der Waals surface area contributed by atoms with Crippen molar-refractivity contribution in [3.05, 3.63) is 48.5 Å². The predicted molar refractivity (Wildman–Crippen MR) is 129 cm³/mol. The van der Waals surface area contributed by atoms with Gasteiger partial charge in [0, 0.05) is 22.8 Å². The predicted octanol–water partition coefficient (Wildman–Crippen LogP) is 3.93. The Labute approximate surface area is 195 Å². The van der Waals surface area contributed by atoms with E-state index >= 15 is 0 Å². The van der Waals surface area contributed by atoms with Crippen molar-refractivity contribution >= 4 is 58.0 Å². The Bertz CT molecular complexity index is 1030. The molecule has 168 valence electrons. The Morgan fingerprint density at radius 1 is 1.19 bits per heavy atom. The first kappa shape index (κ1) is 23.8. The number of nitrogens with zero attached hydrogens (tertiary/aromatic N) is 3. The minimum absolute atomic E-state index is 0.143. The van der Waals surface area contributed by atoms with Crippen LogP contribution in [0.4, 0.5) is 16.2 Å². The number of aliphatic imine (C=N–C) groups is 1. The fraction of sp³-hybridized carbons (Fsp3) is 0.273. The zero-order valence-corrected chi connectivity index (χ0v) is 19.7. The highest BCUT2D eigenvalue weighted by molar-refractivity contribution is 8.15. The van der Waals surface area contributed by atoms with Gasteiger partial charge < -0.3 is 15.0 Å². The molecule has 0 spiro atoms. The quantitative estimate of drug-likeness (QED) is 0.653. The van der Waals surface area contributed by atoms with Gasteiger partial charge in [0.15, 0.2) is 5.17 Å². The maximum Gasteiger partial charge on any atom is 0.435 e. The third-order valence-electron chi connectivity index (χ3n) is 4.37. The zero-order chi connectivity index (χ0) is 23.1. The molecule has 1 N–H and O–H groups in total. The molecular formula is C22H24N4O4S2. The summed E-state index contributed by atoms with van der Waals surface area (Å²) >= 11 is 2.69. The van der Waals surface area contributed by atoms with Crippen molar-refractivity contribution in [3.63, 3.8) is 0 Å². The van der Waals surface area contributed by atoms with Crippen LogP contribution in [0.1, 0.15) is 6.42 Å². The first-order valence-electron chi connectivity index (χ1n) is 9.81. The Balaban J connectivity index is 1.96. The summed E-state index contributed by atoms with van der Waals surface area (Å²) in [5.41, 5.74) is 0.932. The van der Waals surface area contributed by atoms with E-state index in [0.29, 0.717) is 24.3 Å². The maximum atomic E-state index is 12.6. The molecule has 0 aliphatic carbocycles. The van der Waals surface area contributed by atoms with Crippen LogP contribution in [0.3, 0.4) is 0 Å². The molecule has 1 saturated heterocycles. The zero-order valence-electron chi connectivity index (χ0n) is 18.0. The van der Waals surface area contributed by atoms with Gasteiger partial charge in [-0.2, -0.15) is 4.99 Å². The fourth-order valence-electron chi connectivity index (χ4n) is 2.84. The summed E-state index contributed by atoms with van der Waals surface area (Å²) < 4.78 is 4.61. The lowest BCUT2D eigenvalue weighted by Gasteiger charge is -2.21. The number of amides is 3. The Kier molecular flexibility index (Phi) is 8.32. The minimum atomic E-state index is -0.792. The van der Waals surface area contributed by atoms with Gasteiger partial charge in [-0.3, -0.25) is 14.5 Å². The molecule has 10 heteroatoms. The number of nitrogens with one attached hydrogen (secondary N) is 1. The van der Waals surface area contributed by atoms with Crippen molar-refractivity contribution in [3.8, 4) is 0 Å². The standard InChI is InChI=1S/C22H24N4O4S2/c1-25(2)12-11-19(27)23-17-13-16(32-15-7-5-4-6-8-15)9-10-18(17)26-20(28)14-31-21(26)24-22(29)30-3/h4-10,13H,11-12,14H2,1-3H3,(H,23,27)/b24-21+. The number of amidine groups is 1. The fourth-order valence-corrected chi connectivity index (χ4v) is 4.57. The molecular weight excluding hydrogens is 448 g/mol. The number of hydrogen-bond donors (Lipinski definition) is 1. The van der Waals surface area contributed by atoms with Crippen LogP contribution in [0.2, 0.25) is 0 Å². The van der Waals surface area contributed by atoms with Gasteiger partial charge in [-0.1, -0.05) is 41.7 Å². The first-order chi connectivity index (χ1) is 15.4. The van der Waals surface area contributed by atoms with Crippen LogP contribution >= 0.6 is 23.5 Å². The number of benzene rings is 2. The monoisotopic (exact) mass is 472 g/mol. The highest BCUT2D eigenvalue weighted by Crippen LogP contribution is 2.37. The van der Waals surface area contributed by atoms with Gasteiger partial charge >= 0.3 is 6.09 Å². The Hall–Kier alpha value is -2.82. The molecule has 0 aromatic heterocycles. The third kappa shape index (κ3) is 6.35. The van der Waals surface area contributed by atoms with E-state index in [1.54, 1.807) is 17.8 Å². The lowest BCUT2D eigenvalue weighted by Crippen LogP contribution is -2.31.